The summed E-state index contributed by atoms with van der Waals surface area (Å²) in [6, 6.07) is 1.75. The molecule has 1 fully saturated rings. The molecule has 1 atom stereocenters. The number of nitrogens with one attached hydrogen (secondary N) is 1. The Kier molecular flexibility index (Phi) is 10.3. The van der Waals surface area contributed by atoms with Crippen LogP contribution in [0, 0.1) is 0 Å². The van der Waals surface area contributed by atoms with Crippen molar-refractivity contribution in [3.8, 4) is 0 Å². The number of hydrogen-bond acceptors (Lipinski definition) is 6. The third kappa shape index (κ3) is 7.74. The minimum atomic E-state index is -3.46. The highest BCUT2D eigenvalue weighted by Gasteiger charge is 2.29. The third-order valence-corrected chi connectivity index (χ3v) is 6.42. The molecule has 0 aliphatic carbocycles. The SMILES string of the molecule is CCC(C)NC(=NCC(=O)N(C)C)N1CCN(S(=O)(=O)Cc2ccon2)CC1.I. The molecule has 1 amide bonds. The zero-order chi connectivity index (χ0) is 20.7. The molecule has 0 radical (unpaired) electrons. The van der Waals surface area contributed by atoms with Gasteiger partial charge in [-0.15, -0.1) is 24.0 Å². The summed E-state index contributed by atoms with van der Waals surface area (Å²) < 4.78 is 31.3. The number of rotatable bonds is 7. The average molecular weight is 542 g/mol. The fraction of sp³-hybridized carbons (Fsp3) is 0.706. The van der Waals surface area contributed by atoms with Gasteiger partial charge in [0.25, 0.3) is 0 Å². The number of nitrogens with zero attached hydrogens (tertiary/aromatic N) is 5. The molecular formula is C17H31IN6O4S. The largest absolute Gasteiger partial charge is 0.364 e. The van der Waals surface area contributed by atoms with E-state index in [1.807, 2.05) is 11.8 Å². The number of piperazine rings is 1. The first kappa shape index (κ1) is 25.6. The van der Waals surface area contributed by atoms with Crippen molar-refractivity contribution in [2.24, 2.45) is 4.99 Å². The van der Waals surface area contributed by atoms with E-state index in [0.29, 0.717) is 37.8 Å². The van der Waals surface area contributed by atoms with Crippen LogP contribution in [0.25, 0.3) is 0 Å². The molecule has 1 aromatic heterocycles. The Bertz CT molecular complexity index is 761. The Balaban J connectivity index is 0.00000420. The van der Waals surface area contributed by atoms with Crippen molar-refractivity contribution in [2.75, 3.05) is 46.8 Å². The van der Waals surface area contributed by atoms with Crippen LogP contribution in [0.3, 0.4) is 0 Å². The molecule has 0 bridgehead atoms. The maximum Gasteiger partial charge on any atom is 0.243 e. The highest BCUT2D eigenvalue weighted by Crippen LogP contribution is 2.13. The predicted molar refractivity (Wildman–Crippen MR) is 122 cm³/mol. The number of carbonyl (C=O) groups excluding carboxylic acids is 1. The number of halogens is 1. The van der Waals surface area contributed by atoms with Crippen molar-refractivity contribution < 1.29 is 17.7 Å². The first-order valence-corrected chi connectivity index (χ1v) is 11.0. The van der Waals surface area contributed by atoms with E-state index in [2.05, 4.69) is 22.4 Å². The van der Waals surface area contributed by atoms with Gasteiger partial charge in [0, 0.05) is 52.4 Å². The summed E-state index contributed by atoms with van der Waals surface area (Å²) >= 11 is 0. The van der Waals surface area contributed by atoms with E-state index in [0.717, 1.165) is 6.42 Å². The Morgan fingerprint density at radius 3 is 2.52 bits per heavy atom. The average Bonchev–Trinajstić information content (AvgIpc) is 3.16. The molecule has 1 aliphatic rings. The molecule has 166 valence electrons. The molecule has 1 N–H and O–H groups in total. The number of amides is 1. The summed E-state index contributed by atoms with van der Waals surface area (Å²) in [5, 5.41) is 7.02. The molecule has 1 aromatic rings. The maximum absolute atomic E-state index is 12.6. The lowest BCUT2D eigenvalue weighted by Crippen LogP contribution is -2.55. The van der Waals surface area contributed by atoms with Gasteiger partial charge < -0.3 is 19.6 Å². The highest BCUT2D eigenvalue weighted by atomic mass is 127. The number of carbonyl (C=O) groups is 1. The zero-order valence-corrected chi connectivity index (χ0v) is 20.5. The molecule has 1 unspecified atom stereocenters. The monoisotopic (exact) mass is 542 g/mol. The molecule has 0 aromatic carbocycles. The van der Waals surface area contributed by atoms with Crippen LogP contribution in [-0.2, 0) is 20.6 Å². The molecule has 1 saturated heterocycles. The van der Waals surface area contributed by atoms with Gasteiger partial charge >= 0.3 is 0 Å². The van der Waals surface area contributed by atoms with Crippen LogP contribution in [0.15, 0.2) is 21.8 Å². The maximum atomic E-state index is 12.6. The van der Waals surface area contributed by atoms with Gasteiger partial charge in [-0.25, -0.2) is 13.4 Å². The van der Waals surface area contributed by atoms with E-state index in [4.69, 9.17) is 4.52 Å². The van der Waals surface area contributed by atoms with E-state index in [1.165, 1.54) is 15.5 Å². The summed E-state index contributed by atoms with van der Waals surface area (Å²) in [5.41, 5.74) is 0.394. The van der Waals surface area contributed by atoms with Crippen molar-refractivity contribution in [3.63, 3.8) is 0 Å². The summed E-state index contributed by atoms with van der Waals surface area (Å²) in [6.45, 7) is 5.85. The van der Waals surface area contributed by atoms with Crippen LogP contribution >= 0.6 is 24.0 Å². The van der Waals surface area contributed by atoms with Gasteiger partial charge in [-0.1, -0.05) is 12.1 Å². The van der Waals surface area contributed by atoms with Gasteiger partial charge in [-0.2, -0.15) is 4.31 Å². The fourth-order valence-corrected chi connectivity index (χ4v) is 4.04. The Morgan fingerprint density at radius 1 is 1.34 bits per heavy atom. The number of likely N-dealkylation sites (N-methyl/N-ethyl adjacent to an activating group) is 1. The highest BCUT2D eigenvalue weighted by molar-refractivity contribution is 14.0. The second-order valence-corrected chi connectivity index (χ2v) is 8.98. The molecule has 0 saturated carbocycles. The summed E-state index contributed by atoms with van der Waals surface area (Å²) in [5.74, 6) is 0.378. The molecule has 29 heavy (non-hydrogen) atoms. The second kappa shape index (κ2) is 11.7. The predicted octanol–water partition coefficient (Wildman–Crippen LogP) is 0.572. The van der Waals surface area contributed by atoms with E-state index in [1.54, 1.807) is 20.2 Å². The summed E-state index contributed by atoms with van der Waals surface area (Å²) in [4.78, 5) is 19.8. The van der Waals surface area contributed by atoms with Crippen LogP contribution in [0.2, 0.25) is 0 Å². The van der Waals surface area contributed by atoms with E-state index >= 15 is 0 Å². The summed E-state index contributed by atoms with van der Waals surface area (Å²) in [6.07, 6.45) is 2.27. The second-order valence-electron chi connectivity index (χ2n) is 7.01. The van der Waals surface area contributed by atoms with Gasteiger partial charge in [0.15, 0.2) is 5.96 Å². The number of aromatic nitrogens is 1. The van der Waals surface area contributed by atoms with Gasteiger partial charge in [0.1, 0.15) is 18.6 Å². The van der Waals surface area contributed by atoms with Crippen molar-refractivity contribution >= 4 is 45.9 Å². The molecule has 0 spiro atoms. The van der Waals surface area contributed by atoms with Crippen molar-refractivity contribution in [3.05, 3.63) is 18.0 Å². The van der Waals surface area contributed by atoms with Gasteiger partial charge in [0.2, 0.25) is 15.9 Å². The smallest absolute Gasteiger partial charge is 0.243 e. The summed E-state index contributed by atoms with van der Waals surface area (Å²) in [7, 11) is -0.0718. The zero-order valence-electron chi connectivity index (χ0n) is 17.4. The van der Waals surface area contributed by atoms with Crippen LogP contribution in [-0.4, -0.2) is 92.4 Å². The Morgan fingerprint density at radius 2 is 2.00 bits per heavy atom. The number of sulfonamides is 1. The Hall–Kier alpha value is -1.41. The lowest BCUT2D eigenvalue weighted by molar-refractivity contribution is -0.127. The minimum absolute atomic E-state index is 0. The van der Waals surface area contributed by atoms with E-state index in [9.17, 15) is 13.2 Å². The van der Waals surface area contributed by atoms with Gasteiger partial charge in [-0.05, 0) is 13.3 Å². The van der Waals surface area contributed by atoms with E-state index < -0.39 is 10.0 Å². The first-order valence-electron chi connectivity index (χ1n) is 9.36. The van der Waals surface area contributed by atoms with Crippen LogP contribution in [0.1, 0.15) is 26.0 Å². The molecule has 2 heterocycles. The fourth-order valence-electron chi connectivity index (χ4n) is 2.61. The quantitative estimate of drug-likeness (QED) is 0.305. The van der Waals surface area contributed by atoms with Crippen molar-refractivity contribution in [1.82, 2.24) is 24.6 Å². The minimum Gasteiger partial charge on any atom is -0.364 e. The Labute approximate surface area is 189 Å². The van der Waals surface area contributed by atoms with Crippen LogP contribution < -0.4 is 5.32 Å². The number of guanidine groups is 1. The molecule has 2 rings (SSSR count). The van der Waals surface area contributed by atoms with E-state index in [-0.39, 0.29) is 48.2 Å². The third-order valence-electron chi connectivity index (χ3n) is 4.60. The standard InChI is InChI=1S/C17H30N6O4S.HI/c1-5-14(2)19-17(18-12-16(24)21(3)4)22-7-9-23(10-8-22)28(25,26)13-15-6-11-27-20-15;/h6,11,14H,5,7-10,12-13H2,1-4H3,(H,18,19);1H. The van der Waals surface area contributed by atoms with Crippen molar-refractivity contribution in [1.29, 1.82) is 0 Å². The lowest BCUT2D eigenvalue weighted by atomic mass is 10.2. The number of aliphatic imine (C=N–C) groups is 1. The normalized spacial score (nSPS) is 16.8. The van der Waals surface area contributed by atoms with Crippen LogP contribution in [0.4, 0.5) is 0 Å². The molecule has 10 nitrogen and oxygen atoms in total. The van der Waals surface area contributed by atoms with Crippen LogP contribution in [0.5, 0.6) is 0 Å². The lowest BCUT2D eigenvalue weighted by Gasteiger charge is -2.36. The molecule has 12 heteroatoms. The number of hydrogen-bond donors (Lipinski definition) is 1. The topological polar surface area (TPSA) is 111 Å². The molecular weight excluding hydrogens is 511 g/mol. The molecule has 1 aliphatic heterocycles. The first-order chi connectivity index (χ1) is 13.2. The van der Waals surface area contributed by atoms with Crippen molar-refractivity contribution in [2.45, 2.75) is 32.1 Å². The van der Waals surface area contributed by atoms with Gasteiger partial charge in [0.05, 0.1) is 5.69 Å². The van der Waals surface area contributed by atoms with Gasteiger partial charge in [-0.3, -0.25) is 4.79 Å².